The lowest BCUT2D eigenvalue weighted by atomic mass is 10.1. The van der Waals surface area contributed by atoms with E-state index in [1.807, 2.05) is 0 Å². The monoisotopic (exact) mass is 268 g/mol. The molecule has 2 rings (SSSR count). The van der Waals surface area contributed by atoms with Gasteiger partial charge in [-0.15, -0.1) is 0 Å². The van der Waals surface area contributed by atoms with Crippen molar-refractivity contribution in [3.05, 3.63) is 35.4 Å². The maximum Gasteiger partial charge on any atom is 0.227 e. The summed E-state index contributed by atoms with van der Waals surface area (Å²) < 4.78 is 25.8. The van der Waals surface area contributed by atoms with Crippen molar-refractivity contribution in [1.82, 2.24) is 10.2 Å². The van der Waals surface area contributed by atoms with Crippen molar-refractivity contribution >= 4 is 11.8 Å². The van der Waals surface area contributed by atoms with Crippen LogP contribution in [0.25, 0.3) is 0 Å². The third kappa shape index (κ3) is 3.49. The van der Waals surface area contributed by atoms with Crippen molar-refractivity contribution in [2.24, 2.45) is 0 Å². The lowest BCUT2D eigenvalue weighted by molar-refractivity contribution is -0.130. The minimum absolute atomic E-state index is 0.00535. The largest absolute Gasteiger partial charge is 0.354 e. The van der Waals surface area contributed by atoms with E-state index in [2.05, 4.69) is 5.32 Å². The molecule has 0 bridgehead atoms. The third-order valence-corrected chi connectivity index (χ3v) is 3.00. The Labute approximate surface area is 109 Å². The number of hydrogen-bond acceptors (Lipinski definition) is 2. The molecule has 0 saturated carbocycles. The molecule has 1 aliphatic heterocycles. The summed E-state index contributed by atoms with van der Waals surface area (Å²) in [5.74, 6) is -2.16. The molecular formula is C13H14F2N2O2. The predicted molar refractivity (Wildman–Crippen MR) is 64.3 cm³/mol. The van der Waals surface area contributed by atoms with Crippen LogP contribution in [0.5, 0.6) is 0 Å². The van der Waals surface area contributed by atoms with Crippen molar-refractivity contribution < 1.29 is 18.4 Å². The molecule has 1 fully saturated rings. The summed E-state index contributed by atoms with van der Waals surface area (Å²) in [6.45, 7) is 1.21. The van der Waals surface area contributed by atoms with E-state index < -0.39 is 11.6 Å². The molecular weight excluding hydrogens is 254 g/mol. The molecule has 0 atom stereocenters. The van der Waals surface area contributed by atoms with Crippen LogP contribution < -0.4 is 5.32 Å². The lowest BCUT2D eigenvalue weighted by Gasteiger charge is -2.19. The Kier molecular flexibility index (Phi) is 4.09. The zero-order valence-electron chi connectivity index (χ0n) is 10.3. The fourth-order valence-electron chi connectivity index (χ4n) is 1.95. The van der Waals surface area contributed by atoms with Crippen molar-refractivity contribution in [1.29, 1.82) is 0 Å². The number of halogens is 2. The van der Waals surface area contributed by atoms with Gasteiger partial charge in [-0.25, -0.2) is 8.78 Å². The molecule has 1 saturated heterocycles. The highest BCUT2D eigenvalue weighted by atomic mass is 19.2. The molecule has 1 aromatic carbocycles. The molecule has 1 aromatic rings. The Morgan fingerprint density at radius 2 is 2.05 bits per heavy atom. The Morgan fingerprint density at radius 3 is 2.79 bits per heavy atom. The van der Waals surface area contributed by atoms with Gasteiger partial charge in [0.15, 0.2) is 11.6 Å². The highest BCUT2D eigenvalue weighted by molar-refractivity contribution is 5.81. The van der Waals surface area contributed by atoms with Crippen LogP contribution in [0.3, 0.4) is 0 Å². The topological polar surface area (TPSA) is 49.4 Å². The van der Waals surface area contributed by atoms with E-state index in [0.29, 0.717) is 25.2 Å². The van der Waals surface area contributed by atoms with Gasteiger partial charge in [0.25, 0.3) is 0 Å². The highest BCUT2D eigenvalue weighted by Crippen LogP contribution is 2.10. The summed E-state index contributed by atoms with van der Waals surface area (Å²) in [4.78, 5) is 24.7. The number of carbonyl (C=O) groups is 2. The number of amides is 2. The first kappa shape index (κ1) is 13.5. The van der Waals surface area contributed by atoms with Gasteiger partial charge in [0.05, 0.1) is 6.42 Å². The molecule has 1 aliphatic rings. The summed E-state index contributed by atoms with van der Waals surface area (Å²) in [5.41, 5.74) is 0.424. The van der Waals surface area contributed by atoms with Crippen LogP contribution in [-0.4, -0.2) is 36.3 Å². The lowest BCUT2D eigenvalue weighted by Crippen LogP contribution is -2.35. The van der Waals surface area contributed by atoms with E-state index in [1.165, 1.54) is 6.07 Å². The quantitative estimate of drug-likeness (QED) is 0.864. The molecule has 19 heavy (non-hydrogen) atoms. The molecule has 2 amide bonds. The van der Waals surface area contributed by atoms with E-state index >= 15 is 0 Å². The van der Waals surface area contributed by atoms with E-state index in [9.17, 15) is 18.4 Å². The molecule has 0 radical (unpaired) electrons. The minimum atomic E-state index is -0.960. The summed E-state index contributed by atoms with van der Waals surface area (Å²) in [7, 11) is 0. The molecule has 0 aliphatic carbocycles. The number of nitrogens with one attached hydrogen (secondary N) is 1. The van der Waals surface area contributed by atoms with Crippen LogP contribution in [-0.2, 0) is 16.0 Å². The second kappa shape index (κ2) is 5.77. The van der Waals surface area contributed by atoms with Crippen LogP contribution in [0.1, 0.15) is 12.0 Å². The number of rotatable bonds is 2. The first-order chi connectivity index (χ1) is 9.06. The van der Waals surface area contributed by atoms with Gasteiger partial charge in [-0.1, -0.05) is 6.07 Å². The maximum absolute atomic E-state index is 13.0. The number of carbonyl (C=O) groups excluding carboxylic acids is 2. The second-order valence-electron chi connectivity index (χ2n) is 4.41. The SMILES string of the molecule is O=C1CCN(C(=O)Cc2ccc(F)c(F)c2)CCN1. The molecule has 1 heterocycles. The Hall–Kier alpha value is -1.98. The number of hydrogen-bond donors (Lipinski definition) is 1. The van der Waals surface area contributed by atoms with Crippen LogP contribution >= 0.6 is 0 Å². The van der Waals surface area contributed by atoms with E-state index in [4.69, 9.17) is 0 Å². The van der Waals surface area contributed by atoms with Crippen LogP contribution in [0.2, 0.25) is 0 Å². The summed E-state index contributed by atoms with van der Waals surface area (Å²) in [6.07, 6.45) is 0.273. The van der Waals surface area contributed by atoms with Crippen LogP contribution in [0.15, 0.2) is 18.2 Å². The van der Waals surface area contributed by atoms with Gasteiger partial charge in [0, 0.05) is 26.1 Å². The normalized spacial score (nSPS) is 15.9. The third-order valence-electron chi connectivity index (χ3n) is 3.00. The zero-order chi connectivity index (χ0) is 13.8. The molecule has 4 nitrogen and oxygen atoms in total. The number of nitrogens with zero attached hydrogens (tertiary/aromatic N) is 1. The van der Waals surface area contributed by atoms with Crippen molar-refractivity contribution in [3.63, 3.8) is 0 Å². The Bertz CT molecular complexity index is 505. The Balaban J connectivity index is 1.99. The van der Waals surface area contributed by atoms with Gasteiger partial charge in [-0.2, -0.15) is 0 Å². The molecule has 0 spiro atoms. The molecule has 0 aromatic heterocycles. The summed E-state index contributed by atoms with van der Waals surface area (Å²) in [6, 6.07) is 3.41. The average Bonchev–Trinajstić information content (AvgIpc) is 2.59. The standard InChI is InChI=1S/C13H14F2N2O2/c14-10-2-1-9(7-11(10)15)8-13(19)17-5-3-12(18)16-4-6-17/h1-2,7H,3-6,8H2,(H,16,18). The van der Waals surface area contributed by atoms with Gasteiger partial charge in [0.1, 0.15) is 0 Å². The van der Waals surface area contributed by atoms with Crippen molar-refractivity contribution in [2.45, 2.75) is 12.8 Å². The van der Waals surface area contributed by atoms with Gasteiger partial charge < -0.3 is 10.2 Å². The first-order valence-electron chi connectivity index (χ1n) is 6.04. The highest BCUT2D eigenvalue weighted by Gasteiger charge is 2.18. The molecule has 6 heteroatoms. The zero-order valence-corrected chi connectivity index (χ0v) is 10.3. The smallest absolute Gasteiger partial charge is 0.227 e. The molecule has 0 unspecified atom stereocenters. The van der Waals surface area contributed by atoms with Gasteiger partial charge in [-0.05, 0) is 17.7 Å². The van der Waals surface area contributed by atoms with E-state index in [1.54, 1.807) is 4.90 Å². The van der Waals surface area contributed by atoms with Crippen molar-refractivity contribution in [3.8, 4) is 0 Å². The average molecular weight is 268 g/mol. The maximum atomic E-state index is 13.0. The van der Waals surface area contributed by atoms with Gasteiger partial charge >= 0.3 is 0 Å². The first-order valence-corrected chi connectivity index (χ1v) is 6.04. The van der Waals surface area contributed by atoms with Gasteiger partial charge in [-0.3, -0.25) is 9.59 Å². The summed E-state index contributed by atoms with van der Waals surface area (Å²) >= 11 is 0. The van der Waals surface area contributed by atoms with Crippen LogP contribution in [0, 0.1) is 11.6 Å². The predicted octanol–water partition coefficient (Wildman–Crippen LogP) is 0.856. The van der Waals surface area contributed by atoms with Crippen molar-refractivity contribution in [2.75, 3.05) is 19.6 Å². The van der Waals surface area contributed by atoms with Crippen LogP contribution in [0.4, 0.5) is 8.78 Å². The van der Waals surface area contributed by atoms with E-state index in [0.717, 1.165) is 12.1 Å². The fourth-order valence-corrected chi connectivity index (χ4v) is 1.95. The van der Waals surface area contributed by atoms with E-state index in [-0.39, 0.29) is 24.7 Å². The molecule has 102 valence electrons. The Morgan fingerprint density at radius 1 is 1.26 bits per heavy atom. The second-order valence-corrected chi connectivity index (χ2v) is 4.41. The number of benzene rings is 1. The minimum Gasteiger partial charge on any atom is -0.354 e. The van der Waals surface area contributed by atoms with Gasteiger partial charge in [0.2, 0.25) is 11.8 Å². The fraction of sp³-hybridized carbons (Fsp3) is 0.385. The molecule has 1 N–H and O–H groups in total. The summed E-state index contributed by atoms with van der Waals surface area (Å²) in [5, 5.41) is 2.67.